The van der Waals surface area contributed by atoms with Crippen LogP contribution < -0.4 is 10.6 Å². The Morgan fingerprint density at radius 1 is 1.00 bits per heavy atom. The zero-order valence-corrected chi connectivity index (χ0v) is 17.0. The third kappa shape index (κ3) is 5.21. The number of alkyl halides is 3. The van der Waals surface area contributed by atoms with E-state index in [1.165, 1.54) is 16.9 Å². The third-order valence-corrected chi connectivity index (χ3v) is 4.69. The van der Waals surface area contributed by atoms with E-state index in [1.54, 1.807) is 31.2 Å². The van der Waals surface area contributed by atoms with Crippen molar-refractivity contribution in [3.63, 3.8) is 0 Å². The zero-order valence-electron chi connectivity index (χ0n) is 16.2. The van der Waals surface area contributed by atoms with E-state index in [1.807, 2.05) is 0 Å². The molecular weight excluding hydrogens is 435 g/mol. The van der Waals surface area contributed by atoms with Gasteiger partial charge in [-0.05, 0) is 31.2 Å². The number of rotatable bonds is 6. The summed E-state index contributed by atoms with van der Waals surface area (Å²) in [5, 5.41) is 9.65. The van der Waals surface area contributed by atoms with Crippen LogP contribution in [0.1, 0.15) is 32.0 Å². The highest BCUT2D eigenvalue weighted by Gasteiger charge is 2.30. The SMILES string of the molecule is Cc1c(C(=O)NCCNC(=O)c2ccccc2Cl)cnn1-c1ccc(C(F)(F)F)cn1. The summed E-state index contributed by atoms with van der Waals surface area (Å²) in [6.45, 7) is 1.92. The Kier molecular flexibility index (Phi) is 6.59. The molecule has 2 heterocycles. The maximum atomic E-state index is 12.7. The first-order valence-corrected chi connectivity index (χ1v) is 9.45. The van der Waals surface area contributed by atoms with Crippen LogP contribution in [0.2, 0.25) is 5.02 Å². The third-order valence-electron chi connectivity index (χ3n) is 4.36. The van der Waals surface area contributed by atoms with Crippen molar-refractivity contribution in [3.8, 4) is 5.82 Å². The number of hydrogen-bond donors (Lipinski definition) is 2. The Labute approximate surface area is 180 Å². The standard InChI is InChI=1S/C20H17ClF3N5O2/c1-12-15(11-28-29(12)17-7-6-13(10-27-17)20(22,23)24)19(31)26-9-8-25-18(30)14-4-2-3-5-16(14)21/h2-7,10-11H,8-9H2,1H3,(H,25,30)(H,26,31). The van der Waals surface area contributed by atoms with Gasteiger partial charge >= 0.3 is 6.18 Å². The molecule has 0 bridgehead atoms. The molecule has 0 radical (unpaired) electrons. The van der Waals surface area contributed by atoms with E-state index in [-0.39, 0.29) is 30.4 Å². The summed E-state index contributed by atoms with van der Waals surface area (Å²) in [6, 6.07) is 8.66. The molecule has 0 unspecified atom stereocenters. The fraction of sp³-hybridized carbons (Fsp3) is 0.200. The van der Waals surface area contributed by atoms with E-state index in [2.05, 4.69) is 20.7 Å². The monoisotopic (exact) mass is 451 g/mol. The van der Waals surface area contributed by atoms with Crippen molar-refractivity contribution < 1.29 is 22.8 Å². The summed E-state index contributed by atoms with van der Waals surface area (Å²) >= 11 is 5.96. The number of amides is 2. The number of halogens is 4. The first-order valence-electron chi connectivity index (χ1n) is 9.07. The minimum atomic E-state index is -4.49. The van der Waals surface area contributed by atoms with Crippen LogP contribution in [0.25, 0.3) is 5.82 Å². The second-order valence-electron chi connectivity index (χ2n) is 6.45. The van der Waals surface area contributed by atoms with E-state index in [4.69, 9.17) is 11.6 Å². The summed E-state index contributed by atoms with van der Waals surface area (Å²) in [5.41, 5.74) is 0.0958. The highest BCUT2D eigenvalue weighted by molar-refractivity contribution is 6.33. The van der Waals surface area contributed by atoms with E-state index < -0.39 is 17.6 Å². The smallest absolute Gasteiger partial charge is 0.350 e. The average Bonchev–Trinajstić information content (AvgIpc) is 3.12. The number of aromatic nitrogens is 3. The van der Waals surface area contributed by atoms with Crippen LogP contribution in [-0.2, 0) is 6.18 Å². The highest BCUT2D eigenvalue weighted by atomic mass is 35.5. The molecule has 0 aliphatic heterocycles. The number of nitrogens with one attached hydrogen (secondary N) is 2. The fourth-order valence-corrected chi connectivity index (χ4v) is 2.95. The van der Waals surface area contributed by atoms with Crippen molar-refractivity contribution in [3.05, 3.63) is 76.2 Å². The summed E-state index contributed by atoms with van der Waals surface area (Å²) < 4.78 is 39.3. The van der Waals surface area contributed by atoms with Gasteiger partial charge in [0.25, 0.3) is 11.8 Å². The van der Waals surface area contributed by atoms with Gasteiger partial charge in [0.1, 0.15) is 0 Å². The van der Waals surface area contributed by atoms with Gasteiger partial charge < -0.3 is 10.6 Å². The number of nitrogens with zero attached hydrogens (tertiary/aromatic N) is 3. The molecule has 0 atom stereocenters. The first-order chi connectivity index (χ1) is 14.7. The molecule has 0 aliphatic carbocycles. The lowest BCUT2D eigenvalue weighted by Gasteiger charge is -2.09. The van der Waals surface area contributed by atoms with E-state index in [0.717, 1.165) is 6.07 Å². The summed E-state index contributed by atoms with van der Waals surface area (Å²) in [7, 11) is 0. The van der Waals surface area contributed by atoms with Gasteiger partial charge in [-0.3, -0.25) is 9.59 Å². The molecule has 31 heavy (non-hydrogen) atoms. The van der Waals surface area contributed by atoms with Gasteiger partial charge in [0.2, 0.25) is 0 Å². The lowest BCUT2D eigenvalue weighted by atomic mass is 10.2. The number of hydrogen-bond acceptors (Lipinski definition) is 4. The predicted molar refractivity (Wildman–Crippen MR) is 107 cm³/mol. The normalized spacial score (nSPS) is 11.3. The van der Waals surface area contributed by atoms with E-state index in [0.29, 0.717) is 22.5 Å². The molecule has 2 amide bonds. The van der Waals surface area contributed by atoms with Crippen LogP contribution >= 0.6 is 11.6 Å². The summed E-state index contributed by atoms with van der Waals surface area (Å²) in [6.07, 6.45) is -2.48. The predicted octanol–water partition coefficient (Wildman–Crippen LogP) is 3.41. The molecule has 0 fully saturated rings. The van der Waals surface area contributed by atoms with E-state index >= 15 is 0 Å². The molecular formula is C20H17ClF3N5O2. The highest BCUT2D eigenvalue weighted by Crippen LogP contribution is 2.28. The van der Waals surface area contributed by atoms with Crippen molar-refractivity contribution in [2.24, 2.45) is 0 Å². The summed E-state index contributed by atoms with van der Waals surface area (Å²) in [4.78, 5) is 28.2. The Morgan fingerprint density at radius 2 is 1.65 bits per heavy atom. The molecule has 0 spiro atoms. The lowest BCUT2D eigenvalue weighted by molar-refractivity contribution is -0.137. The van der Waals surface area contributed by atoms with Crippen LogP contribution in [-0.4, -0.2) is 39.7 Å². The van der Waals surface area contributed by atoms with Gasteiger partial charge in [-0.1, -0.05) is 23.7 Å². The van der Waals surface area contributed by atoms with Crippen LogP contribution in [0.4, 0.5) is 13.2 Å². The maximum absolute atomic E-state index is 12.7. The minimum absolute atomic E-state index is 0.150. The van der Waals surface area contributed by atoms with Crippen molar-refractivity contribution in [1.29, 1.82) is 0 Å². The Bertz CT molecular complexity index is 1100. The second kappa shape index (κ2) is 9.17. The van der Waals surface area contributed by atoms with Crippen molar-refractivity contribution in [1.82, 2.24) is 25.4 Å². The van der Waals surface area contributed by atoms with Gasteiger partial charge in [-0.15, -0.1) is 0 Å². The minimum Gasteiger partial charge on any atom is -0.350 e. The van der Waals surface area contributed by atoms with Crippen LogP contribution in [0.3, 0.4) is 0 Å². The van der Waals surface area contributed by atoms with Gasteiger partial charge in [0.05, 0.1) is 33.6 Å². The molecule has 162 valence electrons. The quantitative estimate of drug-likeness (QED) is 0.562. The van der Waals surface area contributed by atoms with Crippen molar-refractivity contribution in [2.45, 2.75) is 13.1 Å². The first kappa shape index (κ1) is 22.3. The van der Waals surface area contributed by atoms with E-state index in [9.17, 15) is 22.8 Å². The molecule has 7 nitrogen and oxygen atoms in total. The molecule has 0 saturated heterocycles. The van der Waals surface area contributed by atoms with Crippen LogP contribution in [0.15, 0.2) is 48.8 Å². The van der Waals surface area contributed by atoms with Crippen molar-refractivity contribution >= 4 is 23.4 Å². The maximum Gasteiger partial charge on any atom is 0.417 e. The largest absolute Gasteiger partial charge is 0.417 e. The summed E-state index contributed by atoms with van der Waals surface area (Å²) in [5.74, 6) is -0.656. The number of benzene rings is 1. The number of carbonyl (C=O) groups is 2. The molecule has 3 aromatic rings. The fourth-order valence-electron chi connectivity index (χ4n) is 2.73. The second-order valence-corrected chi connectivity index (χ2v) is 6.86. The Hall–Kier alpha value is -3.40. The topological polar surface area (TPSA) is 88.9 Å². The molecule has 2 N–H and O–H groups in total. The Balaban J connectivity index is 1.58. The van der Waals surface area contributed by atoms with Gasteiger partial charge in [-0.2, -0.15) is 18.3 Å². The van der Waals surface area contributed by atoms with Crippen molar-refractivity contribution in [2.75, 3.05) is 13.1 Å². The number of pyridine rings is 1. The molecule has 11 heteroatoms. The number of carbonyl (C=O) groups excluding carboxylic acids is 2. The average molecular weight is 452 g/mol. The lowest BCUT2D eigenvalue weighted by Crippen LogP contribution is -2.35. The zero-order chi connectivity index (χ0) is 22.6. The van der Waals surface area contributed by atoms with Gasteiger partial charge in [0, 0.05) is 19.3 Å². The molecule has 1 aromatic carbocycles. The molecule has 0 saturated carbocycles. The van der Waals surface area contributed by atoms with Gasteiger partial charge in [0.15, 0.2) is 5.82 Å². The van der Waals surface area contributed by atoms with Crippen LogP contribution in [0.5, 0.6) is 0 Å². The van der Waals surface area contributed by atoms with Crippen LogP contribution in [0, 0.1) is 6.92 Å². The molecule has 0 aliphatic rings. The Morgan fingerprint density at radius 3 is 2.23 bits per heavy atom. The van der Waals surface area contributed by atoms with Gasteiger partial charge in [-0.25, -0.2) is 9.67 Å². The molecule has 2 aromatic heterocycles. The molecule has 3 rings (SSSR count).